The van der Waals surface area contributed by atoms with E-state index in [0.29, 0.717) is 0 Å². The van der Waals surface area contributed by atoms with Crippen LogP contribution >= 0.6 is 11.3 Å². The largest absolute Gasteiger partial charge is 0.378 e. The van der Waals surface area contributed by atoms with Crippen LogP contribution in [0.3, 0.4) is 0 Å². The Morgan fingerprint density at radius 1 is 1.00 bits per heavy atom. The lowest BCUT2D eigenvalue weighted by Crippen LogP contribution is -2.37. The van der Waals surface area contributed by atoms with E-state index < -0.39 is 38.2 Å². The molecule has 0 radical (unpaired) electrons. The molecule has 1 fully saturated rings. The Morgan fingerprint density at radius 3 is 2.34 bits per heavy atom. The van der Waals surface area contributed by atoms with E-state index in [4.69, 9.17) is 0 Å². The van der Waals surface area contributed by atoms with E-state index in [0.717, 1.165) is 55.1 Å². The van der Waals surface area contributed by atoms with Gasteiger partial charge in [0, 0.05) is 29.6 Å². The van der Waals surface area contributed by atoms with Crippen molar-refractivity contribution in [1.29, 1.82) is 0 Å². The van der Waals surface area contributed by atoms with Gasteiger partial charge in [0.1, 0.15) is 16.5 Å². The topological polar surface area (TPSA) is 74.3 Å². The molecule has 4 rings (SSSR count). The van der Waals surface area contributed by atoms with Gasteiger partial charge in [-0.2, -0.15) is 0 Å². The Balaban J connectivity index is 1.56. The first-order chi connectivity index (χ1) is 15.3. The summed E-state index contributed by atoms with van der Waals surface area (Å²) < 4.78 is 84.7. The van der Waals surface area contributed by atoms with E-state index in [-0.39, 0.29) is 35.7 Å². The third-order valence-electron chi connectivity index (χ3n) is 5.11. The third kappa shape index (κ3) is 4.57. The molecule has 170 valence electrons. The van der Waals surface area contributed by atoms with Crippen LogP contribution in [0.2, 0.25) is 0 Å². The van der Waals surface area contributed by atoms with E-state index in [1.54, 1.807) is 0 Å². The van der Waals surface area contributed by atoms with Crippen LogP contribution in [0.15, 0.2) is 40.1 Å². The third-order valence-corrected chi connectivity index (χ3v) is 7.07. The zero-order valence-electron chi connectivity index (χ0n) is 16.5. The van der Waals surface area contributed by atoms with Gasteiger partial charge in [-0.25, -0.2) is 31.0 Å². The number of rotatable bonds is 8. The van der Waals surface area contributed by atoms with Crippen LogP contribution in [0.1, 0.15) is 17.5 Å². The van der Waals surface area contributed by atoms with Crippen LogP contribution in [0.5, 0.6) is 0 Å². The molecule has 2 N–H and O–H groups in total. The fraction of sp³-hybridized carbons (Fsp3) is 0.250. The Labute approximate surface area is 186 Å². The van der Waals surface area contributed by atoms with Crippen molar-refractivity contribution in [1.82, 2.24) is 9.88 Å². The second-order valence-electron chi connectivity index (χ2n) is 7.19. The first kappa shape index (κ1) is 22.5. The molecule has 0 aliphatic carbocycles. The second kappa shape index (κ2) is 9.04. The minimum absolute atomic E-state index is 0.00129. The summed E-state index contributed by atoms with van der Waals surface area (Å²) in [4.78, 5) is 4.79. The fourth-order valence-corrected chi connectivity index (χ4v) is 4.90. The van der Waals surface area contributed by atoms with Gasteiger partial charge in [-0.3, -0.25) is 9.62 Å². The van der Waals surface area contributed by atoms with Gasteiger partial charge < -0.3 is 5.32 Å². The summed E-state index contributed by atoms with van der Waals surface area (Å²) in [7, 11) is -4.41. The van der Waals surface area contributed by atoms with E-state index in [2.05, 4.69) is 15.0 Å². The van der Waals surface area contributed by atoms with Gasteiger partial charge in [0.05, 0.1) is 11.2 Å². The SMILES string of the molecule is O=S(=O)(Nc1cscn1)c1ccc(NCc2c(F)ccc(F)c2CN2CCC2)c(F)c1F. The van der Waals surface area contributed by atoms with E-state index in [1.807, 2.05) is 4.90 Å². The van der Waals surface area contributed by atoms with Gasteiger partial charge >= 0.3 is 0 Å². The maximum absolute atomic E-state index is 14.6. The van der Waals surface area contributed by atoms with E-state index in [1.165, 1.54) is 10.9 Å². The summed E-state index contributed by atoms with van der Waals surface area (Å²) in [6.07, 6.45) is 0.974. The van der Waals surface area contributed by atoms with Crippen LogP contribution in [0.4, 0.5) is 29.1 Å². The number of thiazole rings is 1. The molecule has 1 aromatic heterocycles. The highest BCUT2D eigenvalue weighted by molar-refractivity contribution is 7.92. The molecule has 0 unspecified atom stereocenters. The van der Waals surface area contributed by atoms with E-state index in [9.17, 15) is 26.0 Å². The first-order valence-corrected chi connectivity index (χ1v) is 12.0. The van der Waals surface area contributed by atoms with Crippen LogP contribution in [-0.2, 0) is 23.1 Å². The quantitative estimate of drug-likeness (QED) is 0.464. The Morgan fingerprint density at radius 2 is 1.72 bits per heavy atom. The molecule has 12 heteroatoms. The molecular weight excluding hydrogens is 468 g/mol. The molecule has 1 aliphatic rings. The average Bonchev–Trinajstić information content (AvgIpc) is 3.21. The molecular formula is C20H18F4N4O2S2. The molecule has 0 saturated carbocycles. The number of sulfonamides is 1. The summed E-state index contributed by atoms with van der Waals surface area (Å²) >= 11 is 1.13. The van der Waals surface area contributed by atoms with Crippen molar-refractivity contribution in [3.63, 3.8) is 0 Å². The normalized spacial score (nSPS) is 14.2. The predicted octanol–water partition coefficient (Wildman–Crippen LogP) is 4.32. The molecule has 3 aromatic rings. The number of nitrogens with one attached hydrogen (secondary N) is 2. The maximum Gasteiger partial charge on any atom is 0.266 e. The lowest BCUT2D eigenvalue weighted by Gasteiger charge is -2.31. The molecule has 0 bridgehead atoms. The molecule has 0 spiro atoms. The minimum Gasteiger partial charge on any atom is -0.378 e. The molecule has 1 aliphatic heterocycles. The summed E-state index contributed by atoms with van der Waals surface area (Å²) in [5.41, 5.74) is 1.14. The van der Waals surface area contributed by atoms with E-state index >= 15 is 0 Å². The van der Waals surface area contributed by atoms with Crippen LogP contribution < -0.4 is 10.0 Å². The minimum atomic E-state index is -4.41. The van der Waals surface area contributed by atoms with Gasteiger partial charge in [-0.05, 0) is 43.8 Å². The number of hydrogen-bond donors (Lipinski definition) is 2. The van der Waals surface area contributed by atoms with Gasteiger partial charge in [0.2, 0.25) is 0 Å². The molecule has 0 amide bonds. The zero-order chi connectivity index (χ0) is 22.9. The molecule has 32 heavy (non-hydrogen) atoms. The lowest BCUT2D eigenvalue weighted by atomic mass is 10.0. The fourth-order valence-electron chi connectivity index (χ4n) is 3.28. The summed E-state index contributed by atoms with van der Waals surface area (Å²) in [5, 5.41) is 3.94. The predicted molar refractivity (Wildman–Crippen MR) is 113 cm³/mol. The lowest BCUT2D eigenvalue weighted by molar-refractivity contribution is 0.169. The number of aromatic nitrogens is 1. The molecule has 6 nitrogen and oxygen atoms in total. The Kier molecular flexibility index (Phi) is 6.35. The van der Waals surface area contributed by atoms with Crippen molar-refractivity contribution in [3.8, 4) is 0 Å². The summed E-state index contributed by atoms with van der Waals surface area (Å²) in [6.45, 7) is 1.43. The molecule has 2 aromatic carbocycles. The molecule has 1 saturated heterocycles. The van der Waals surface area contributed by atoms with Gasteiger partial charge in [-0.15, -0.1) is 11.3 Å². The number of nitrogens with zero attached hydrogens (tertiary/aromatic N) is 2. The van der Waals surface area contributed by atoms with Crippen molar-refractivity contribution < 1.29 is 26.0 Å². The number of benzene rings is 2. The van der Waals surface area contributed by atoms with Crippen LogP contribution in [0, 0.1) is 23.3 Å². The van der Waals surface area contributed by atoms with Crippen molar-refractivity contribution in [2.45, 2.75) is 24.4 Å². The zero-order valence-corrected chi connectivity index (χ0v) is 18.2. The number of halogens is 4. The Bertz CT molecular complexity index is 1230. The highest BCUT2D eigenvalue weighted by atomic mass is 32.2. The number of likely N-dealkylation sites (tertiary alicyclic amines) is 1. The number of hydrogen-bond acceptors (Lipinski definition) is 6. The van der Waals surface area contributed by atoms with Crippen LogP contribution in [0.25, 0.3) is 0 Å². The molecule has 0 atom stereocenters. The first-order valence-electron chi connectivity index (χ1n) is 9.57. The Hall–Kier alpha value is -2.70. The van der Waals surface area contributed by atoms with Crippen molar-refractivity contribution in [2.75, 3.05) is 23.1 Å². The van der Waals surface area contributed by atoms with Crippen LogP contribution in [-0.4, -0.2) is 31.4 Å². The maximum atomic E-state index is 14.6. The van der Waals surface area contributed by atoms with Gasteiger partial charge in [0.15, 0.2) is 17.5 Å². The van der Waals surface area contributed by atoms with Gasteiger partial charge in [-0.1, -0.05) is 0 Å². The average molecular weight is 487 g/mol. The highest BCUT2D eigenvalue weighted by Gasteiger charge is 2.25. The highest BCUT2D eigenvalue weighted by Crippen LogP contribution is 2.28. The second-order valence-corrected chi connectivity index (χ2v) is 9.56. The molecule has 2 heterocycles. The number of anilines is 2. The van der Waals surface area contributed by atoms with Crippen molar-refractivity contribution in [2.24, 2.45) is 0 Å². The smallest absolute Gasteiger partial charge is 0.266 e. The standard InChI is InChI=1S/C20H18F4N4O2S2/c21-14-2-3-15(22)13(9-28-6-1-7-28)12(14)8-25-16-4-5-17(20(24)19(16)23)32(29,30)27-18-10-31-11-26-18/h2-5,10-11,25,27H,1,6-9H2. The monoisotopic (exact) mass is 486 g/mol. The van der Waals surface area contributed by atoms with Crippen molar-refractivity contribution in [3.05, 3.63) is 69.6 Å². The summed E-state index contributed by atoms with van der Waals surface area (Å²) in [5.74, 6) is -4.34. The van der Waals surface area contributed by atoms with Gasteiger partial charge in [0.25, 0.3) is 10.0 Å². The van der Waals surface area contributed by atoms with Crippen molar-refractivity contribution >= 4 is 32.9 Å². The summed E-state index contributed by atoms with van der Waals surface area (Å²) in [6, 6.07) is 3.92.